The number of aromatic nitrogens is 2. The van der Waals surface area contributed by atoms with Crippen LogP contribution in [-0.4, -0.2) is 27.0 Å². The summed E-state index contributed by atoms with van der Waals surface area (Å²) < 4.78 is 14.6. The number of aliphatic hydroxyl groups excluding tert-OH is 1. The van der Waals surface area contributed by atoms with Gasteiger partial charge in [0.05, 0.1) is 18.5 Å². The molecule has 0 radical (unpaired) electrons. The van der Waals surface area contributed by atoms with Gasteiger partial charge in [-0.15, -0.1) is 0 Å². The highest BCUT2D eigenvalue weighted by Crippen LogP contribution is 2.14. The number of nitrogens with one attached hydrogen (secondary N) is 1. The minimum atomic E-state index is -0.271. The van der Waals surface area contributed by atoms with Crippen LogP contribution >= 0.6 is 0 Å². The first-order chi connectivity index (χ1) is 10.1. The number of hydrogen-bond acceptors (Lipinski definition) is 3. The molecule has 0 saturated heterocycles. The minimum Gasteiger partial charge on any atom is -0.394 e. The lowest BCUT2D eigenvalue weighted by atomic mass is 9.97. The molecule has 1 aromatic carbocycles. The Kier molecular flexibility index (Phi) is 5.09. The quantitative estimate of drug-likeness (QED) is 0.824. The smallest absolute Gasteiger partial charge is 0.123 e. The fraction of sp³-hybridized carbons (Fsp3) is 0.438. The van der Waals surface area contributed by atoms with Crippen molar-refractivity contribution in [2.24, 2.45) is 0 Å². The summed E-state index contributed by atoms with van der Waals surface area (Å²) in [7, 11) is 0. The maximum absolute atomic E-state index is 12.9. The second-order valence-corrected chi connectivity index (χ2v) is 5.59. The summed E-state index contributed by atoms with van der Waals surface area (Å²) in [6.45, 7) is 4.86. The van der Waals surface area contributed by atoms with Crippen LogP contribution in [-0.2, 0) is 6.54 Å². The van der Waals surface area contributed by atoms with Crippen molar-refractivity contribution in [1.29, 1.82) is 0 Å². The van der Waals surface area contributed by atoms with Crippen LogP contribution in [0.25, 0.3) is 5.69 Å². The number of halogens is 1. The van der Waals surface area contributed by atoms with Gasteiger partial charge >= 0.3 is 0 Å². The van der Waals surface area contributed by atoms with Gasteiger partial charge < -0.3 is 10.4 Å². The first-order valence-electron chi connectivity index (χ1n) is 7.22. The molecule has 0 aliphatic carbocycles. The van der Waals surface area contributed by atoms with E-state index in [2.05, 4.69) is 17.3 Å². The average Bonchev–Trinajstić information content (AvgIpc) is 2.95. The molecule has 5 heteroatoms. The highest BCUT2D eigenvalue weighted by molar-refractivity contribution is 5.31. The fourth-order valence-electron chi connectivity index (χ4n) is 2.28. The van der Waals surface area contributed by atoms with E-state index in [9.17, 15) is 9.50 Å². The molecule has 1 unspecified atom stereocenters. The SMILES string of the molecule is CCCC(C)(CO)NCc1cnn(-c2ccc(F)cc2)c1. The number of nitrogens with zero attached hydrogens (tertiary/aromatic N) is 2. The maximum atomic E-state index is 12.9. The first kappa shape index (κ1) is 15.7. The van der Waals surface area contributed by atoms with Gasteiger partial charge in [0.2, 0.25) is 0 Å². The molecule has 0 saturated carbocycles. The van der Waals surface area contributed by atoms with E-state index in [0.717, 1.165) is 24.1 Å². The van der Waals surface area contributed by atoms with Crippen LogP contribution in [0.2, 0.25) is 0 Å². The Bertz CT molecular complexity index is 567. The molecule has 4 nitrogen and oxygen atoms in total. The van der Waals surface area contributed by atoms with Crippen molar-refractivity contribution in [2.45, 2.75) is 38.8 Å². The zero-order valence-electron chi connectivity index (χ0n) is 12.5. The van der Waals surface area contributed by atoms with Crippen molar-refractivity contribution in [3.8, 4) is 5.69 Å². The van der Waals surface area contributed by atoms with Crippen LogP contribution in [0.4, 0.5) is 4.39 Å². The predicted octanol–water partition coefficient (Wildman–Crippen LogP) is 2.65. The highest BCUT2D eigenvalue weighted by Gasteiger charge is 2.21. The molecule has 21 heavy (non-hydrogen) atoms. The summed E-state index contributed by atoms with van der Waals surface area (Å²) in [5.74, 6) is -0.258. The second kappa shape index (κ2) is 6.83. The lowest BCUT2D eigenvalue weighted by Gasteiger charge is -2.28. The standard InChI is InChI=1S/C16H22FN3O/c1-3-8-16(2,12-21)18-9-13-10-19-20(11-13)15-6-4-14(17)5-7-15/h4-7,10-11,18,21H,3,8-9,12H2,1-2H3. The summed E-state index contributed by atoms with van der Waals surface area (Å²) in [5.41, 5.74) is 1.57. The average molecular weight is 291 g/mol. The Labute approximate surface area is 124 Å². The topological polar surface area (TPSA) is 50.1 Å². The Balaban J connectivity index is 2.02. The van der Waals surface area contributed by atoms with Gasteiger partial charge in [-0.05, 0) is 37.6 Å². The molecule has 0 fully saturated rings. The number of benzene rings is 1. The lowest BCUT2D eigenvalue weighted by molar-refractivity contribution is 0.163. The van der Waals surface area contributed by atoms with Gasteiger partial charge in [0, 0.05) is 23.8 Å². The van der Waals surface area contributed by atoms with Crippen LogP contribution in [0.3, 0.4) is 0 Å². The molecular weight excluding hydrogens is 269 g/mol. The second-order valence-electron chi connectivity index (χ2n) is 5.59. The van der Waals surface area contributed by atoms with Crippen molar-refractivity contribution in [2.75, 3.05) is 6.61 Å². The van der Waals surface area contributed by atoms with Crippen LogP contribution in [0.5, 0.6) is 0 Å². The van der Waals surface area contributed by atoms with Gasteiger partial charge in [-0.1, -0.05) is 13.3 Å². The molecule has 1 atom stereocenters. The summed E-state index contributed by atoms with van der Waals surface area (Å²) in [6, 6.07) is 6.21. The molecule has 0 aliphatic heterocycles. The van der Waals surface area contributed by atoms with Crippen molar-refractivity contribution < 1.29 is 9.50 Å². The van der Waals surface area contributed by atoms with E-state index in [1.165, 1.54) is 12.1 Å². The number of hydrogen-bond donors (Lipinski definition) is 2. The summed E-state index contributed by atoms with van der Waals surface area (Å²) in [5, 5.41) is 17.1. The van der Waals surface area contributed by atoms with E-state index in [1.807, 2.05) is 13.1 Å². The minimum absolute atomic E-state index is 0.104. The molecule has 0 amide bonds. The van der Waals surface area contributed by atoms with Crippen LogP contribution in [0, 0.1) is 5.82 Å². The van der Waals surface area contributed by atoms with Gasteiger partial charge in [-0.2, -0.15) is 5.10 Å². The van der Waals surface area contributed by atoms with Crippen molar-refractivity contribution in [3.63, 3.8) is 0 Å². The number of rotatable bonds is 7. The van der Waals surface area contributed by atoms with E-state index < -0.39 is 0 Å². The largest absolute Gasteiger partial charge is 0.394 e. The molecule has 2 N–H and O–H groups in total. The zero-order chi connectivity index (χ0) is 15.3. The molecule has 2 aromatic rings. The normalized spacial score (nSPS) is 14.1. The molecule has 2 rings (SSSR count). The third-order valence-electron chi connectivity index (χ3n) is 3.60. The Morgan fingerprint density at radius 2 is 2.05 bits per heavy atom. The van der Waals surface area contributed by atoms with Crippen molar-refractivity contribution in [3.05, 3.63) is 48.0 Å². The van der Waals surface area contributed by atoms with Gasteiger partial charge in [-0.3, -0.25) is 0 Å². The molecule has 0 aliphatic rings. The highest BCUT2D eigenvalue weighted by atomic mass is 19.1. The molecule has 0 bridgehead atoms. The van der Waals surface area contributed by atoms with E-state index in [0.29, 0.717) is 6.54 Å². The zero-order valence-corrected chi connectivity index (χ0v) is 12.5. The van der Waals surface area contributed by atoms with E-state index in [4.69, 9.17) is 0 Å². The maximum Gasteiger partial charge on any atom is 0.123 e. The Morgan fingerprint density at radius 3 is 2.67 bits per heavy atom. The van der Waals surface area contributed by atoms with Crippen LogP contribution < -0.4 is 5.32 Å². The third-order valence-corrected chi connectivity index (χ3v) is 3.60. The Hall–Kier alpha value is -1.72. The summed E-state index contributed by atoms with van der Waals surface area (Å²) in [4.78, 5) is 0. The molecule has 1 aromatic heterocycles. The predicted molar refractivity (Wildman–Crippen MR) is 80.8 cm³/mol. The molecule has 1 heterocycles. The van der Waals surface area contributed by atoms with Gasteiger partial charge in [-0.25, -0.2) is 9.07 Å². The summed E-state index contributed by atoms with van der Waals surface area (Å²) >= 11 is 0. The fourth-order valence-corrected chi connectivity index (χ4v) is 2.28. The van der Waals surface area contributed by atoms with Gasteiger partial charge in [0.25, 0.3) is 0 Å². The molecule has 0 spiro atoms. The van der Waals surface area contributed by atoms with E-state index in [1.54, 1.807) is 23.0 Å². The lowest BCUT2D eigenvalue weighted by Crippen LogP contribution is -2.45. The molecular formula is C16H22FN3O. The third kappa shape index (κ3) is 4.12. The molecule has 114 valence electrons. The monoisotopic (exact) mass is 291 g/mol. The number of aliphatic hydroxyl groups is 1. The van der Waals surface area contributed by atoms with Gasteiger partial charge in [0.15, 0.2) is 0 Å². The van der Waals surface area contributed by atoms with Gasteiger partial charge in [0.1, 0.15) is 5.82 Å². The first-order valence-corrected chi connectivity index (χ1v) is 7.22. The van der Waals surface area contributed by atoms with E-state index in [-0.39, 0.29) is 18.0 Å². The van der Waals surface area contributed by atoms with Crippen LogP contribution in [0.1, 0.15) is 32.3 Å². The Morgan fingerprint density at radius 1 is 1.33 bits per heavy atom. The van der Waals surface area contributed by atoms with Crippen LogP contribution in [0.15, 0.2) is 36.7 Å². The van der Waals surface area contributed by atoms with Crippen molar-refractivity contribution >= 4 is 0 Å². The van der Waals surface area contributed by atoms with Crippen molar-refractivity contribution in [1.82, 2.24) is 15.1 Å². The summed E-state index contributed by atoms with van der Waals surface area (Å²) in [6.07, 6.45) is 5.61. The van der Waals surface area contributed by atoms with E-state index >= 15 is 0 Å².